The molecule has 8 heteroatoms. The van der Waals surface area contributed by atoms with E-state index in [0.717, 1.165) is 0 Å². The summed E-state index contributed by atoms with van der Waals surface area (Å²) in [6.07, 6.45) is 0. The van der Waals surface area contributed by atoms with Gasteiger partial charge in [-0.15, -0.1) is 0 Å². The minimum absolute atomic E-state index is 0.0727. The summed E-state index contributed by atoms with van der Waals surface area (Å²) < 4.78 is 0. The molecule has 0 amide bonds. The van der Waals surface area contributed by atoms with Crippen molar-refractivity contribution in [2.75, 3.05) is 0 Å². The zero-order valence-electron chi connectivity index (χ0n) is 21.0. The van der Waals surface area contributed by atoms with Crippen LogP contribution in [0.15, 0.2) is 109 Å². The zero-order chi connectivity index (χ0) is 27.6. The van der Waals surface area contributed by atoms with E-state index >= 15 is 0 Å². The molecule has 0 saturated heterocycles. The average Bonchev–Trinajstić information content (AvgIpc) is 2.98. The Labute approximate surface area is 229 Å². The van der Waals surface area contributed by atoms with Crippen LogP contribution >= 0.6 is 0 Å². The third kappa shape index (κ3) is 4.65. The van der Waals surface area contributed by atoms with Gasteiger partial charge in [0.2, 0.25) is 0 Å². The number of para-hydroxylation sites is 2. The molecule has 6 aromatic rings. The molecule has 0 radical (unpaired) electrons. The third-order valence-corrected chi connectivity index (χ3v) is 6.36. The molecule has 0 fully saturated rings. The summed E-state index contributed by atoms with van der Waals surface area (Å²) in [4.78, 5) is 18.5. The fourth-order valence-corrected chi connectivity index (χ4v) is 4.37. The van der Waals surface area contributed by atoms with Crippen LogP contribution in [0.3, 0.4) is 0 Å². The predicted octanol–water partition coefficient (Wildman–Crippen LogP) is 6.42. The van der Waals surface area contributed by atoms with Crippen molar-refractivity contribution < 1.29 is 20.4 Å². The Morgan fingerprint density at radius 1 is 0.300 bits per heavy atom. The Bertz CT molecular complexity index is 1740. The smallest absolute Gasteiger partial charge is 0.143 e. The van der Waals surface area contributed by atoms with E-state index in [2.05, 4.69) is 19.9 Å². The molecule has 40 heavy (non-hydrogen) atoms. The van der Waals surface area contributed by atoms with Crippen LogP contribution in [0.1, 0.15) is 0 Å². The molecule has 0 unspecified atom stereocenters. The highest BCUT2D eigenvalue weighted by molar-refractivity contribution is 5.76. The molecule has 4 N–H and O–H groups in total. The van der Waals surface area contributed by atoms with Gasteiger partial charge in [-0.2, -0.15) is 0 Å². The normalized spacial score (nSPS) is 10.9. The van der Waals surface area contributed by atoms with Crippen molar-refractivity contribution >= 4 is 0 Å². The number of phenolic OH excluding ortho intramolecular Hbond substituents is 2. The van der Waals surface area contributed by atoms with Crippen LogP contribution < -0.4 is 0 Å². The van der Waals surface area contributed by atoms with Crippen LogP contribution in [0.25, 0.3) is 56.7 Å². The minimum Gasteiger partial charge on any atom is -0.507 e. The highest BCUT2D eigenvalue weighted by Gasteiger charge is 2.18. The molecule has 194 valence electrons. The Kier molecular flexibility index (Phi) is 6.26. The van der Waals surface area contributed by atoms with Crippen LogP contribution in [0.2, 0.25) is 0 Å². The van der Waals surface area contributed by atoms with Crippen molar-refractivity contribution in [2.24, 2.45) is 0 Å². The van der Waals surface area contributed by atoms with Gasteiger partial charge in [0.05, 0.1) is 34.2 Å². The second kappa shape index (κ2) is 10.2. The monoisotopic (exact) mass is 526 g/mol. The maximum absolute atomic E-state index is 10.7. The van der Waals surface area contributed by atoms with E-state index in [4.69, 9.17) is 0 Å². The highest BCUT2D eigenvalue weighted by Crippen LogP contribution is 2.36. The highest BCUT2D eigenvalue weighted by atomic mass is 16.3. The molecule has 2 aromatic carbocycles. The van der Waals surface area contributed by atoms with Crippen molar-refractivity contribution in [1.29, 1.82) is 0 Å². The Balaban J connectivity index is 1.41. The van der Waals surface area contributed by atoms with E-state index in [-0.39, 0.29) is 34.4 Å². The van der Waals surface area contributed by atoms with E-state index in [1.165, 1.54) is 12.1 Å². The third-order valence-electron chi connectivity index (χ3n) is 6.36. The molecule has 0 saturated carbocycles. The van der Waals surface area contributed by atoms with Gasteiger partial charge < -0.3 is 20.4 Å². The molecule has 0 aliphatic carbocycles. The lowest BCUT2D eigenvalue weighted by molar-refractivity contribution is 0.465. The van der Waals surface area contributed by atoms with Crippen LogP contribution in [-0.4, -0.2) is 40.4 Å². The topological polar surface area (TPSA) is 132 Å². The van der Waals surface area contributed by atoms with Gasteiger partial charge >= 0.3 is 0 Å². The standard InChI is InChI=1S/C32H22N4O4/c37-27-13-3-1-7-19(27)21-9-5-11-23(33-21)25-15-17-29(39)31(35-25)32-30(40)18-16-26(36-32)24-12-6-10-22(34-24)20-8-2-4-14-28(20)38/h1-18,37-40H. The van der Waals surface area contributed by atoms with Crippen LogP contribution in [0.4, 0.5) is 0 Å². The first-order chi connectivity index (χ1) is 19.5. The van der Waals surface area contributed by atoms with Gasteiger partial charge in [-0.3, -0.25) is 0 Å². The van der Waals surface area contributed by atoms with E-state index in [1.54, 1.807) is 84.9 Å². The average molecular weight is 527 g/mol. The number of hydrogen-bond donors (Lipinski definition) is 4. The van der Waals surface area contributed by atoms with Gasteiger partial charge in [-0.1, -0.05) is 36.4 Å². The number of rotatable bonds is 5. The SMILES string of the molecule is Oc1ccccc1-c1cccc(-c2ccc(O)c(-c3nc(-c4cccc(-c5ccccc5O)n4)ccc3O)n2)n1. The Morgan fingerprint density at radius 3 is 1.10 bits per heavy atom. The predicted molar refractivity (Wildman–Crippen MR) is 151 cm³/mol. The summed E-state index contributed by atoms with van der Waals surface area (Å²) in [5.41, 5.74) is 4.32. The molecule has 0 aliphatic heterocycles. The van der Waals surface area contributed by atoms with Crippen molar-refractivity contribution in [3.05, 3.63) is 109 Å². The summed E-state index contributed by atoms with van der Waals surface area (Å²) in [5.74, 6) is -0.122. The van der Waals surface area contributed by atoms with E-state index in [0.29, 0.717) is 45.3 Å². The van der Waals surface area contributed by atoms with Crippen LogP contribution in [-0.2, 0) is 0 Å². The summed E-state index contributed by atoms with van der Waals surface area (Å²) in [6, 6.07) is 30.7. The van der Waals surface area contributed by atoms with Crippen molar-refractivity contribution in [3.63, 3.8) is 0 Å². The summed E-state index contributed by atoms with van der Waals surface area (Å²) in [5, 5.41) is 41.9. The minimum atomic E-state index is -0.170. The molecule has 0 atom stereocenters. The first kappa shape index (κ1) is 24.6. The largest absolute Gasteiger partial charge is 0.507 e. The van der Waals surface area contributed by atoms with Gasteiger partial charge in [-0.05, 0) is 72.8 Å². The molecular weight excluding hydrogens is 504 g/mol. The van der Waals surface area contributed by atoms with Crippen molar-refractivity contribution in [2.45, 2.75) is 0 Å². The molecule has 8 nitrogen and oxygen atoms in total. The quantitative estimate of drug-likeness (QED) is 0.202. The maximum atomic E-state index is 10.7. The lowest BCUT2D eigenvalue weighted by atomic mass is 10.1. The maximum Gasteiger partial charge on any atom is 0.143 e. The van der Waals surface area contributed by atoms with Crippen LogP contribution in [0.5, 0.6) is 23.0 Å². The van der Waals surface area contributed by atoms with Gasteiger partial charge in [0.1, 0.15) is 34.4 Å². The first-order valence-corrected chi connectivity index (χ1v) is 12.4. The molecule has 4 aromatic heterocycles. The number of nitrogens with zero attached hydrogens (tertiary/aromatic N) is 4. The number of aromatic nitrogens is 4. The number of benzene rings is 2. The summed E-state index contributed by atoms with van der Waals surface area (Å²) in [7, 11) is 0. The summed E-state index contributed by atoms with van der Waals surface area (Å²) in [6.45, 7) is 0. The number of pyridine rings is 4. The van der Waals surface area contributed by atoms with E-state index in [1.807, 2.05) is 12.1 Å². The zero-order valence-corrected chi connectivity index (χ0v) is 21.0. The van der Waals surface area contributed by atoms with Gasteiger partial charge in [-0.25, -0.2) is 19.9 Å². The van der Waals surface area contributed by atoms with Gasteiger partial charge in [0, 0.05) is 11.1 Å². The second-order valence-electron chi connectivity index (χ2n) is 8.98. The Morgan fingerprint density at radius 2 is 0.675 bits per heavy atom. The second-order valence-corrected chi connectivity index (χ2v) is 8.98. The molecule has 4 heterocycles. The Hall–Kier alpha value is -5.76. The van der Waals surface area contributed by atoms with Gasteiger partial charge in [0.15, 0.2) is 0 Å². The number of phenols is 2. The van der Waals surface area contributed by atoms with E-state index in [9.17, 15) is 20.4 Å². The molecular formula is C32H22N4O4. The number of hydrogen-bond acceptors (Lipinski definition) is 8. The molecule has 0 aliphatic rings. The molecule has 6 rings (SSSR count). The fourth-order valence-electron chi connectivity index (χ4n) is 4.37. The molecule has 0 bridgehead atoms. The van der Waals surface area contributed by atoms with E-state index < -0.39 is 0 Å². The number of aromatic hydroxyl groups is 4. The van der Waals surface area contributed by atoms with Crippen LogP contribution in [0, 0.1) is 0 Å². The fraction of sp³-hybridized carbons (Fsp3) is 0. The summed E-state index contributed by atoms with van der Waals surface area (Å²) >= 11 is 0. The molecule has 0 spiro atoms. The first-order valence-electron chi connectivity index (χ1n) is 12.4. The van der Waals surface area contributed by atoms with Crippen molar-refractivity contribution in [1.82, 2.24) is 19.9 Å². The van der Waals surface area contributed by atoms with Gasteiger partial charge in [0.25, 0.3) is 0 Å². The lowest BCUT2D eigenvalue weighted by Gasteiger charge is -2.11. The van der Waals surface area contributed by atoms with Crippen molar-refractivity contribution in [3.8, 4) is 79.7 Å². The lowest BCUT2D eigenvalue weighted by Crippen LogP contribution is -1.96.